The van der Waals surface area contributed by atoms with E-state index < -0.39 is 11.6 Å². The Hall–Kier alpha value is 0.0864. The molecule has 2 rings (SSSR count). The number of hydrogen-bond acceptors (Lipinski definition) is 4. The minimum Gasteiger partial charge on any atom is -0.547 e. The molecule has 0 aromatic heterocycles. The Morgan fingerprint density at radius 2 is 1.85 bits per heavy atom. The Morgan fingerprint density at radius 1 is 1.20 bits per heavy atom. The number of epoxide rings is 1. The Morgan fingerprint density at radius 3 is 2.45 bits per heavy atom. The van der Waals surface area contributed by atoms with Crippen LogP contribution in [0.4, 0.5) is 0 Å². The van der Waals surface area contributed by atoms with E-state index in [9.17, 15) is 9.90 Å². The molecule has 1 fully saturated rings. The van der Waals surface area contributed by atoms with Crippen molar-refractivity contribution in [3.63, 3.8) is 0 Å². The average Bonchev–Trinajstić information content (AvgIpc) is 3.20. The zero-order chi connectivity index (χ0) is 13.6. The van der Waals surface area contributed by atoms with Crippen LogP contribution in [-0.4, -0.2) is 24.8 Å². The molecule has 1 aliphatic rings. The third kappa shape index (κ3) is 5.83. The summed E-state index contributed by atoms with van der Waals surface area (Å²) in [4.78, 5) is 10.8. The quantitative estimate of drug-likeness (QED) is 0.318. The Labute approximate surface area is 162 Å². The average molecular weight is 302 g/mol. The van der Waals surface area contributed by atoms with E-state index in [1.165, 1.54) is 0 Å². The second kappa shape index (κ2) is 9.17. The van der Waals surface area contributed by atoms with Crippen LogP contribution in [0.1, 0.15) is 32.1 Å². The van der Waals surface area contributed by atoms with Crippen LogP contribution in [0.15, 0.2) is 30.3 Å². The second-order valence-corrected chi connectivity index (χ2v) is 4.90. The second-order valence-electron chi connectivity index (χ2n) is 4.90. The van der Waals surface area contributed by atoms with Crippen LogP contribution in [0.25, 0.3) is 0 Å². The number of ether oxygens (including phenoxy) is 2. The summed E-state index contributed by atoms with van der Waals surface area (Å²) in [5, 5.41) is 10.8. The molecular formula is C15H19KO4. The fraction of sp³-hybridized carbons (Fsp3) is 0.533. The van der Waals surface area contributed by atoms with Crippen molar-refractivity contribution < 1.29 is 70.8 Å². The van der Waals surface area contributed by atoms with E-state index in [-0.39, 0.29) is 51.4 Å². The summed E-state index contributed by atoms with van der Waals surface area (Å²) in [6.45, 7) is 1.01. The van der Waals surface area contributed by atoms with Crippen LogP contribution in [0, 0.1) is 0 Å². The van der Waals surface area contributed by atoms with Crippen LogP contribution in [-0.2, 0) is 9.53 Å². The standard InChI is InChI=1S/C15H20O4.K/c16-14(17)15(12-19-15)10-6-1-2-7-11-18-13-8-4-3-5-9-13;/h3-5,8-9H,1-2,6-7,10-12H2,(H,16,17);/q;+1/p-1/t15-;/m1./s1. The van der Waals surface area contributed by atoms with Crippen molar-refractivity contribution in [2.75, 3.05) is 13.2 Å². The molecule has 1 saturated heterocycles. The van der Waals surface area contributed by atoms with Gasteiger partial charge in [0.05, 0.1) is 19.2 Å². The fourth-order valence-corrected chi connectivity index (χ4v) is 2.02. The number of aliphatic carboxylic acids is 1. The number of benzene rings is 1. The molecule has 0 unspecified atom stereocenters. The molecule has 0 saturated carbocycles. The van der Waals surface area contributed by atoms with Gasteiger partial charge in [-0.05, 0) is 25.0 Å². The summed E-state index contributed by atoms with van der Waals surface area (Å²) in [6.07, 6.45) is 4.44. The molecule has 5 heteroatoms. The zero-order valence-corrected chi connectivity index (χ0v) is 15.1. The number of hydrogen-bond donors (Lipinski definition) is 0. The Balaban J connectivity index is 0.00000200. The number of carboxylic acids is 1. The summed E-state index contributed by atoms with van der Waals surface area (Å²) in [5.41, 5.74) is -0.958. The van der Waals surface area contributed by atoms with E-state index in [2.05, 4.69) is 0 Å². The number of rotatable bonds is 9. The molecule has 1 aromatic carbocycles. The van der Waals surface area contributed by atoms with Crippen molar-refractivity contribution in [2.24, 2.45) is 0 Å². The van der Waals surface area contributed by atoms with Gasteiger partial charge in [0, 0.05) is 0 Å². The van der Waals surface area contributed by atoms with Crippen molar-refractivity contribution in [3.05, 3.63) is 30.3 Å². The van der Waals surface area contributed by atoms with Gasteiger partial charge in [-0.25, -0.2) is 0 Å². The van der Waals surface area contributed by atoms with Crippen molar-refractivity contribution >= 4 is 5.97 Å². The minimum absolute atomic E-state index is 0. The molecule has 104 valence electrons. The maximum atomic E-state index is 10.8. The molecule has 1 aliphatic heterocycles. The monoisotopic (exact) mass is 302 g/mol. The first kappa shape index (κ1) is 18.1. The van der Waals surface area contributed by atoms with E-state index in [1.807, 2.05) is 30.3 Å². The van der Waals surface area contributed by atoms with Crippen LogP contribution >= 0.6 is 0 Å². The molecule has 1 aromatic rings. The van der Waals surface area contributed by atoms with Crippen LogP contribution in [0.5, 0.6) is 5.75 Å². The van der Waals surface area contributed by atoms with Gasteiger partial charge in [0.1, 0.15) is 11.4 Å². The zero-order valence-electron chi connectivity index (χ0n) is 12.0. The van der Waals surface area contributed by atoms with Gasteiger partial charge < -0.3 is 19.4 Å². The van der Waals surface area contributed by atoms with Crippen LogP contribution in [0.3, 0.4) is 0 Å². The third-order valence-electron chi connectivity index (χ3n) is 3.35. The van der Waals surface area contributed by atoms with E-state index >= 15 is 0 Å². The number of para-hydroxylation sites is 1. The van der Waals surface area contributed by atoms with E-state index in [0.717, 1.165) is 31.4 Å². The summed E-state index contributed by atoms with van der Waals surface area (Å²) < 4.78 is 10.5. The molecule has 0 spiro atoms. The maximum absolute atomic E-state index is 10.8. The van der Waals surface area contributed by atoms with Gasteiger partial charge in [-0.1, -0.05) is 37.5 Å². The summed E-state index contributed by atoms with van der Waals surface area (Å²) in [6, 6.07) is 9.73. The van der Waals surface area contributed by atoms with Gasteiger partial charge >= 0.3 is 51.4 Å². The summed E-state index contributed by atoms with van der Waals surface area (Å²) >= 11 is 0. The topological polar surface area (TPSA) is 61.9 Å². The predicted molar refractivity (Wildman–Crippen MR) is 68.7 cm³/mol. The molecule has 4 nitrogen and oxygen atoms in total. The first-order valence-corrected chi connectivity index (χ1v) is 6.76. The molecule has 0 amide bonds. The SMILES string of the molecule is O=C([O-])[C@@]1(CCCCCCOc2ccccc2)CO1.[K+]. The smallest absolute Gasteiger partial charge is 0.547 e. The van der Waals surface area contributed by atoms with Crippen molar-refractivity contribution in [3.8, 4) is 5.75 Å². The van der Waals surface area contributed by atoms with Crippen molar-refractivity contribution in [1.82, 2.24) is 0 Å². The van der Waals surface area contributed by atoms with Gasteiger partial charge in [-0.3, -0.25) is 0 Å². The van der Waals surface area contributed by atoms with Gasteiger partial charge in [-0.2, -0.15) is 0 Å². The molecule has 0 aliphatic carbocycles. The summed E-state index contributed by atoms with van der Waals surface area (Å²) in [5.74, 6) is -0.176. The van der Waals surface area contributed by atoms with E-state index in [4.69, 9.17) is 9.47 Å². The Kier molecular flexibility index (Phi) is 8.32. The number of carbonyl (C=O) groups is 1. The van der Waals surface area contributed by atoms with E-state index in [1.54, 1.807) is 0 Å². The molecule has 0 N–H and O–H groups in total. The van der Waals surface area contributed by atoms with Crippen molar-refractivity contribution in [2.45, 2.75) is 37.7 Å². The first-order chi connectivity index (χ1) is 9.23. The predicted octanol–water partition coefficient (Wildman–Crippen LogP) is -1.46. The summed E-state index contributed by atoms with van der Waals surface area (Å²) in [7, 11) is 0. The molecule has 0 radical (unpaired) electrons. The number of carboxylic acid groups (broad SMARTS) is 1. The largest absolute Gasteiger partial charge is 1.00 e. The molecule has 1 atom stereocenters. The van der Waals surface area contributed by atoms with Gasteiger partial charge in [0.15, 0.2) is 0 Å². The van der Waals surface area contributed by atoms with E-state index in [0.29, 0.717) is 19.6 Å². The first-order valence-electron chi connectivity index (χ1n) is 6.76. The van der Waals surface area contributed by atoms with Crippen LogP contribution in [0.2, 0.25) is 0 Å². The molecule has 1 heterocycles. The molecule has 0 bridgehead atoms. The van der Waals surface area contributed by atoms with Gasteiger partial charge in [0.25, 0.3) is 0 Å². The Bertz CT molecular complexity index is 404. The van der Waals surface area contributed by atoms with Crippen LogP contribution < -0.4 is 61.2 Å². The molecule has 20 heavy (non-hydrogen) atoms. The normalized spacial score (nSPS) is 20.0. The van der Waals surface area contributed by atoms with Crippen molar-refractivity contribution in [1.29, 1.82) is 0 Å². The molecular weight excluding hydrogens is 283 g/mol. The van der Waals surface area contributed by atoms with Gasteiger partial charge in [-0.15, -0.1) is 0 Å². The van der Waals surface area contributed by atoms with Gasteiger partial charge in [0.2, 0.25) is 0 Å². The number of carbonyl (C=O) groups excluding carboxylic acids is 1. The number of unbranched alkanes of at least 4 members (excludes halogenated alkanes) is 3. The fourth-order valence-electron chi connectivity index (χ4n) is 2.02. The third-order valence-corrected chi connectivity index (χ3v) is 3.35. The minimum atomic E-state index is -1.07. The maximum Gasteiger partial charge on any atom is 1.00 e.